The Balaban J connectivity index is 1.62. The summed E-state index contributed by atoms with van der Waals surface area (Å²) in [6.07, 6.45) is 4.57. The Hall–Kier alpha value is -3.81. The Morgan fingerprint density at radius 1 is 1.26 bits per heavy atom. The lowest BCUT2D eigenvalue weighted by Crippen LogP contribution is -2.08. The number of amides is 1. The van der Waals surface area contributed by atoms with E-state index in [1.165, 1.54) is 18.2 Å². The van der Waals surface area contributed by atoms with E-state index in [0.29, 0.717) is 23.5 Å². The largest absolute Gasteiger partial charge is 0.322 e. The number of carbonyl (C=O) groups excluding carboxylic acids is 1. The van der Waals surface area contributed by atoms with E-state index in [-0.39, 0.29) is 5.69 Å². The van der Waals surface area contributed by atoms with Crippen LogP contribution in [0.1, 0.15) is 16.8 Å². The molecule has 0 radical (unpaired) electrons. The highest BCUT2D eigenvalue weighted by atomic mass is 16.6. The number of hydrogen-bond donors (Lipinski definition) is 1. The maximum Gasteiger partial charge on any atom is 0.274 e. The number of aryl methyl sites for hydroxylation is 1. The SMILES string of the molecule is Cc1ccc(NC(=O)/C=C/c2cn(Cc3ccccc3)nn2)cc1[N+](=O)[O-]. The van der Waals surface area contributed by atoms with Gasteiger partial charge in [-0.1, -0.05) is 41.6 Å². The van der Waals surface area contributed by atoms with Crippen molar-refractivity contribution in [2.45, 2.75) is 13.5 Å². The Morgan fingerprint density at radius 3 is 2.78 bits per heavy atom. The lowest BCUT2D eigenvalue weighted by molar-refractivity contribution is -0.385. The van der Waals surface area contributed by atoms with Gasteiger partial charge in [-0.15, -0.1) is 5.10 Å². The molecule has 2 aromatic carbocycles. The molecule has 1 N–H and O–H groups in total. The zero-order valence-electron chi connectivity index (χ0n) is 14.6. The molecule has 0 saturated heterocycles. The normalized spacial score (nSPS) is 10.9. The number of hydrogen-bond acceptors (Lipinski definition) is 5. The summed E-state index contributed by atoms with van der Waals surface area (Å²) in [5, 5.41) is 21.6. The third-order valence-electron chi connectivity index (χ3n) is 3.82. The van der Waals surface area contributed by atoms with Gasteiger partial charge in [0.2, 0.25) is 5.91 Å². The minimum absolute atomic E-state index is 0.0411. The van der Waals surface area contributed by atoms with Gasteiger partial charge in [0.1, 0.15) is 5.69 Å². The van der Waals surface area contributed by atoms with Crippen molar-refractivity contribution in [2.75, 3.05) is 5.32 Å². The van der Waals surface area contributed by atoms with Crippen LogP contribution in [0.15, 0.2) is 60.8 Å². The Bertz CT molecular complexity index is 996. The molecule has 3 aromatic rings. The van der Waals surface area contributed by atoms with Gasteiger partial charge in [-0.3, -0.25) is 14.9 Å². The van der Waals surface area contributed by atoms with Gasteiger partial charge in [0.25, 0.3) is 5.69 Å². The van der Waals surface area contributed by atoms with E-state index in [0.717, 1.165) is 5.56 Å². The van der Waals surface area contributed by atoms with Crippen LogP contribution >= 0.6 is 0 Å². The van der Waals surface area contributed by atoms with Crippen molar-refractivity contribution >= 4 is 23.4 Å². The van der Waals surface area contributed by atoms with Gasteiger partial charge < -0.3 is 5.32 Å². The molecule has 136 valence electrons. The quantitative estimate of drug-likeness (QED) is 0.411. The lowest BCUT2D eigenvalue weighted by Gasteiger charge is -2.03. The van der Waals surface area contributed by atoms with Gasteiger partial charge in [0.15, 0.2) is 0 Å². The minimum atomic E-state index is -0.480. The van der Waals surface area contributed by atoms with Gasteiger partial charge in [-0.05, 0) is 24.6 Å². The third kappa shape index (κ3) is 4.85. The van der Waals surface area contributed by atoms with E-state index in [9.17, 15) is 14.9 Å². The number of benzene rings is 2. The second-order valence-electron chi connectivity index (χ2n) is 5.91. The molecule has 0 fully saturated rings. The van der Waals surface area contributed by atoms with Gasteiger partial charge in [-0.2, -0.15) is 0 Å². The van der Waals surface area contributed by atoms with Crippen LogP contribution in [0.2, 0.25) is 0 Å². The first-order valence-corrected chi connectivity index (χ1v) is 8.19. The minimum Gasteiger partial charge on any atom is -0.322 e. The van der Waals surface area contributed by atoms with Gasteiger partial charge in [0.05, 0.1) is 17.7 Å². The maximum atomic E-state index is 12.0. The molecule has 1 aromatic heterocycles. The third-order valence-corrected chi connectivity index (χ3v) is 3.82. The van der Waals surface area contributed by atoms with Crippen LogP contribution < -0.4 is 5.32 Å². The first-order valence-electron chi connectivity index (χ1n) is 8.19. The monoisotopic (exact) mass is 363 g/mol. The topological polar surface area (TPSA) is 103 Å². The van der Waals surface area contributed by atoms with Crippen molar-refractivity contribution in [2.24, 2.45) is 0 Å². The summed E-state index contributed by atoms with van der Waals surface area (Å²) in [6, 6.07) is 14.4. The zero-order valence-corrected chi connectivity index (χ0v) is 14.6. The zero-order chi connectivity index (χ0) is 19.2. The van der Waals surface area contributed by atoms with Crippen LogP contribution in [0.3, 0.4) is 0 Å². The molecule has 27 heavy (non-hydrogen) atoms. The van der Waals surface area contributed by atoms with Crippen LogP contribution in [0.4, 0.5) is 11.4 Å². The van der Waals surface area contributed by atoms with E-state index >= 15 is 0 Å². The maximum absolute atomic E-state index is 12.0. The van der Waals surface area contributed by atoms with Gasteiger partial charge in [-0.25, -0.2) is 4.68 Å². The highest BCUT2D eigenvalue weighted by molar-refractivity contribution is 6.01. The van der Waals surface area contributed by atoms with Gasteiger partial charge in [0, 0.05) is 23.4 Å². The summed E-state index contributed by atoms with van der Waals surface area (Å²) in [4.78, 5) is 22.5. The molecule has 0 saturated carbocycles. The van der Waals surface area contributed by atoms with Crippen molar-refractivity contribution in [3.05, 3.63) is 87.7 Å². The van der Waals surface area contributed by atoms with Crippen molar-refractivity contribution < 1.29 is 9.72 Å². The van der Waals surface area contributed by atoms with E-state index < -0.39 is 10.8 Å². The van der Waals surface area contributed by atoms with E-state index in [2.05, 4.69) is 15.6 Å². The molecular weight excluding hydrogens is 346 g/mol. The number of aromatic nitrogens is 3. The molecule has 0 bridgehead atoms. The average Bonchev–Trinajstić information content (AvgIpc) is 3.09. The van der Waals surface area contributed by atoms with Crippen LogP contribution in [0.5, 0.6) is 0 Å². The molecule has 3 rings (SSSR count). The number of nitrogens with one attached hydrogen (secondary N) is 1. The van der Waals surface area contributed by atoms with E-state index in [1.807, 2.05) is 30.3 Å². The highest BCUT2D eigenvalue weighted by Crippen LogP contribution is 2.22. The summed E-state index contributed by atoms with van der Waals surface area (Å²) >= 11 is 0. The van der Waals surface area contributed by atoms with Crippen LogP contribution in [-0.4, -0.2) is 25.8 Å². The van der Waals surface area contributed by atoms with Crippen LogP contribution in [0.25, 0.3) is 6.08 Å². The second-order valence-corrected chi connectivity index (χ2v) is 5.91. The number of nitro groups is 1. The molecule has 0 aliphatic rings. The fourth-order valence-electron chi connectivity index (χ4n) is 2.47. The number of nitrogens with zero attached hydrogens (tertiary/aromatic N) is 4. The van der Waals surface area contributed by atoms with Crippen molar-refractivity contribution in [1.82, 2.24) is 15.0 Å². The summed E-state index contributed by atoms with van der Waals surface area (Å²) in [7, 11) is 0. The Labute approximate surface area is 155 Å². The fourth-order valence-corrected chi connectivity index (χ4v) is 2.47. The highest BCUT2D eigenvalue weighted by Gasteiger charge is 2.11. The molecule has 0 aliphatic heterocycles. The summed E-state index contributed by atoms with van der Waals surface area (Å²) in [5.74, 6) is -0.411. The molecule has 1 heterocycles. The summed E-state index contributed by atoms with van der Waals surface area (Å²) in [5.41, 5.74) is 2.48. The molecule has 1 amide bonds. The molecule has 0 spiro atoms. The Kier molecular flexibility index (Phi) is 5.36. The average molecular weight is 363 g/mol. The molecule has 0 aliphatic carbocycles. The smallest absolute Gasteiger partial charge is 0.274 e. The number of anilines is 1. The first-order chi connectivity index (χ1) is 13.0. The molecule has 0 unspecified atom stereocenters. The summed E-state index contributed by atoms with van der Waals surface area (Å²) in [6.45, 7) is 2.23. The van der Waals surface area contributed by atoms with Crippen LogP contribution in [0, 0.1) is 17.0 Å². The molecule has 8 heteroatoms. The van der Waals surface area contributed by atoms with Crippen LogP contribution in [-0.2, 0) is 11.3 Å². The van der Waals surface area contributed by atoms with Gasteiger partial charge >= 0.3 is 0 Å². The summed E-state index contributed by atoms with van der Waals surface area (Å²) < 4.78 is 1.68. The molecule has 8 nitrogen and oxygen atoms in total. The standard InChI is InChI=1S/C19H17N5O3/c1-14-7-8-16(11-18(14)24(26)27)20-19(25)10-9-17-13-23(22-21-17)12-15-5-3-2-4-6-15/h2-11,13H,12H2,1H3,(H,20,25)/b10-9+. The predicted octanol–water partition coefficient (Wildman–Crippen LogP) is 3.19. The van der Waals surface area contributed by atoms with Crippen molar-refractivity contribution in [3.8, 4) is 0 Å². The van der Waals surface area contributed by atoms with Crippen molar-refractivity contribution in [3.63, 3.8) is 0 Å². The number of rotatable bonds is 6. The Morgan fingerprint density at radius 2 is 2.04 bits per heavy atom. The van der Waals surface area contributed by atoms with Crippen molar-refractivity contribution in [1.29, 1.82) is 0 Å². The molecular formula is C19H17N5O3. The predicted molar refractivity (Wildman–Crippen MR) is 101 cm³/mol. The lowest BCUT2D eigenvalue weighted by atomic mass is 10.2. The number of carbonyl (C=O) groups is 1. The number of nitro benzene ring substituents is 1. The molecule has 0 atom stereocenters. The first kappa shape index (κ1) is 18.0. The second kappa shape index (κ2) is 8.05. The fraction of sp³-hybridized carbons (Fsp3) is 0.105. The van der Waals surface area contributed by atoms with E-state index in [1.54, 1.807) is 29.9 Å². The van der Waals surface area contributed by atoms with E-state index in [4.69, 9.17) is 0 Å².